The minimum atomic E-state index is -5.73. The summed E-state index contributed by atoms with van der Waals surface area (Å²) in [6.45, 7) is 5.73. The minimum absolute atomic E-state index is 0.0341. The van der Waals surface area contributed by atoms with Gasteiger partial charge in [-0.05, 0) is 54.2 Å². The van der Waals surface area contributed by atoms with Gasteiger partial charge in [-0.15, -0.1) is 0 Å². The number of aryl methyl sites for hydroxylation is 2. The largest absolute Gasteiger partial charge is 0.534 e. The molecule has 30 heavy (non-hydrogen) atoms. The summed E-state index contributed by atoms with van der Waals surface area (Å²) in [5.74, 6) is -0.136. The first-order valence-electron chi connectivity index (χ1n) is 9.93. The molecule has 0 saturated heterocycles. The van der Waals surface area contributed by atoms with Gasteiger partial charge < -0.3 is 9.29 Å². The molecule has 0 aliphatic carbocycles. The van der Waals surface area contributed by atoms with Crippen molar-refractivity contribution in [3.63, 3.8) is 0 Å². The topological polar surface area (TPSA) is 63.6 Å². The molecule has 0 bridgehead atoms. The van der Waals surface area contributed by atoms with Crippen LogP contribution in [-0.2, 0) is 16.5 Å². The molecule has 2 aromatic rings. The van der Waals surface area contributed by atoms with E-state index >= 15 is 0 Å². The number of unbranched alkanes of at least 4 members (excludes halogenated alkanes) is 1. The Morgan fingerprint density at radius 1 is 1.03 bits per heavy atom. The maximum Gasteiger partial charge on any atom is 0.534 e. The molecule has 1 unspecified atom stereocenters. The van der Waals surface area contributed by atoms with Crippen LogP contribution in [0.15, 0.2) is 36.4 Å². The van der Waals surface area contributed by atoms with Gasteiger partial charge in [-0.25, -0.2) is 0 Å². The Kier molecular flexibility index (Phi) is 7.80. The van der Waals surface area contributed by atoms with Crippen LogP contribution in [0.3, 0.4) is 0 Å². The fourth-order valence-electron chi connectivity index (χ4n) is 3.36. The fraction of sp³-hybridized carbons (Fsp3) is 0.455. The Bertz CT molecular complexity index is 969. The van der Waals surface area contributed by atoms with Gasteiger partial charge in [0, 0.05) is 5.92 Å². The zero-order valence-corrected chi connectivity index (χ0v) is 18.1. The molecular formula is C22H27F3O4S. The third kappa shape index (κ3) is 5.68. The lowest BCUT2D eigenvalue weighted by Gasteiger charge is -2.21. The molecule has 0 spiro atoms. The first-order chi connectivity index (χ1) is 14.0. The van der Waals surface area contributed by atoms with Crippen LogP contribution in [0.5, 0.6) is 11.5 Å². The Balaban J connectivity index is 2.49. The number of phenols is 1. The summed E-state index contributed by atoms with van der Waals surface area (Å²) < 4.78 is 65.6. The van der Waals surface area contributed by atoms with E-state index in [1.54, 1.807) is 25.1 Å². The van der Waals surface area contributed by atoms with E-state index in [-0.39, 0.29) is 17.4 Å². The number of halogens is 3. The Morgan fingerprint density at radius 3 is 2.23 bits per heavy atom. The summed E-state index contributed by atoms with van der Waals surface area (Å²) in [7, 11) is -5.73. The van der Waals surface area contributed by atoms with Crippen LogP contribution in [0.2, 0.25) is 0 Å². The molecule has 0 amide bonds. The van der Waals surface area contributed by atoms with Gasteiger partial charge >= 0.3 is 15.6 Å². The number of rotatable bonds is 9. The van der Waals surface area contributed by atoms with Crippen molar-refractivity contribution in [2.45, 2.75) is 64.3 Å². The normalized spacial score (nSPS) is 13.3. The predicted molar refractivity (Wildman–Crippen MR) is 110 cm³/mol. The highest BCUT2D eigenvalue weighted by Crippen LogP contribution is 2.36. The Morgan fingerprint density at radius 2 is 1.67 bits per heavy atom. The fourth-order valence-corrected chi connectivity index (χ4v) is 3.85. The molecule has 0 aromatic heterocycles. The second kappa shape index (κ2) is 9.73. The molecule has 0 saturated carbocycles. The minimum Gasteiger partial charge on any atom is -0.508 e. The number of phenolic OH excluding ortho intramolecular Hbond substituents is 1. The van der Waals surface area contributed by atoms with E-state index in [0.29, 0.717) is 18.4 Å². The summed E-state index contributed by atoms with van der Waals surface area (Å²) in [4.78, 5) is 0. The molecule has 0 heterocycles. The maximum absolute atomic E-state index is 12.7. The molecule has 0 fully saturated rings. The summed E-state index contributed by atoms with van der Waals surface area (Å²) in [5.41, 5.74) is -2.48. The van der Waals surface area contributed by atoms with E-state index in [4.69, 9.17) is 0 Å². The lowest BCUT2D eigenvalue weighted by atomic mass is 9.85. The number of aromatic hydroxyl groups is 1. The molecule has 0 radical (unpaired) electrons. The van der Waals surface area contributed by atoms with Crippen LogP contribution >= 0.6 is 0 Å². The van der Waals surface area contributed by atoms with Gasteiger partial charge in [0.25, 0.3) is 0 Å². The van der Waals surface area contributed by atoms with Crippen molar-refractivity contribution in [3.05, 3.63) is 58.7 Å². The van der Waals surface area contributed by atoms with Gasteiger partial charge in [-0.2, -0.15) is 21.6 Å². The van der Waals surface area contributed by atoms with Gasteiger partial charge in [-0.3, -0.25) is 0 Å². The average Bonchev–Trinajstić information content (AvgIpc) is 2.65. The van der Waals surface area contributed by atoms with Gasteiger partial charge in [0.05, 0.1) is 0 Å². The molecule has 0 aliphatic heterocycles. The van der Waals surface area contributed by atoms with Crippen molar-refractivity contribution in [1.29, 1.82) is 0 Å². The van der Waals surface area contributed by atoms with Crippen molar-refractivity contribution in [1.82, 2.24) is 0 Å². The van der Waals surface area contributed by atoms with Crippen LogP contribution in [0.25, 0.3) is 0 Å². The molecule has 1 atom stereocenters. The maximum atomic E-state index is 12.7. The van der Waals surface area contributed by atoms with E-state index in [1.807, 2.05) is 19.1 Å². The van der Waals surface area contributed by atoms with E-state index in [0.717, 1.165) is 36.0 Å². The van der Waals surface area contributed by atoms with Gasteiger partial charge in [-0.1, -0.05) is 57.4 Å². The lowest BCUT2D eigenvalue weighted by Crippen LogP contribution is -2.28. The van der Waals surface area contributed by atoms with E-state index < -0.39 is 15.6 Å². The molecule has 0 aliphatic rings. The molecule has 2 aromatic carbocycles. The smallest absolute Gasteiger partial charge is 0.508 e. The van der Waals surface area contributed by atoms with E-state index in [2.05, 4.69) is 11.1 Å². The SMILES string of the molecule is CCCCC(c1ccc(O)c(C)c1)c1ccc(OS(=O)(=O)C(F)(F)F)c(CCC)c1. The molecule has 1 N–H and O–H groups in total. The summed E-state index contributed by atoms with van der Waals surface area (Å²) in [6.07, 6.45) is 3.72. The van der Waals surface area contributed by atoms with Crippen LogP contribution in [0.4, 0.5) is 13.2 Å². The average molecular weight is 445 g/mol. The molecule has 2 rings (SSSR count). The number of benzene rings is 2. The standard InChI is InChI=1S/C22H27F3O4S/c1-4-6-8-19(16-9-11-20(26)15(3)13-16)17-10-12-21(18(14-17)7-5-2)29-30(27,28)22(23,24)25/h9-14,19,26H,4-8H2,1-3H3. The summed E-state index contributed by atoms with van der Waals surface area (Å²) >= 11 is 0. The Hall–Kier alpha value is -2.22. The highest BCUT2D eigenvalue weighted by molar-refractivity contribution is 7.88. The van der Waals surface area contributed by atoms with Crippen molar-refractivity contribution in [2.75, 3.05) is 0 Å². The molecule has 8 heteroatoms. The Labute approximate surface area is 175 Å². The van der Waals surface area contributed by atoms with Crippen molar-refractivity contribution in [3.8, 4) is 11.5 Å². The molecule has 4 nitrogen and oxygen atoms in total. The quantitative estimate of drug-likeness (QED) is 0.369. The predicted octanol–water partition coefficient (Wildman–Crippen LogP) is 6.20. The van der Waals surface area contributed by atoms with Gasteiger partial charge in [0.2, 0.25) is 0 Å². The van der Waals surface area contributed by atoms with Crippen LogP contribution in [0, 0.1) is 6.92 Å². The zero-order chi connectivity index (χ0) is 22.5. The third-order valence-electron chi connectivity index (χ3n) is 4.96. The first kappa shape index (κ1) is 24.1. The van der Waals surface area contributed by atoms with Gasteiger partial charge in [0.15, 0.2) is 0 Å². The summed E-state index contributed by atoms with van der Waals surface area (Å²) in [5, 5.41) is 9.83. The second-order valence-corrected chi connectivity index (χ2v) is 8.88. The van der Waals surface area contributed by atoms with E-state index in [1.165, 1.54) is 6.07 Å². The highest BCUT2D eigenvalue weighted by atomic mass is 32.2. The third-order valence-corrected chi connectivity index (χ3v) is 5.92. The number of alkyl halides is 3. The highest BCUT2D eigenvalue weighted by Gasteiger charge is 2.48. The molecular weight excluding hydrogens is 417 g/mol. The summed E-state index contributed by atoms with van der Waals surface area (Å²) in [6, 6.07) is 10.0. The first-order valence-corrected chi connectivity index (χ1v) is 11.3. The van der Waals surface area contributed by atoms with Crippen LogP contribution in [-0.4, -0.2) is 19.0 Å². The van der Waals surface area contributed by atoms with Crippen LogP contribution in [0.1, 0.15) is 67.7 Å². The zero-order valence-electron chi connectivity index (χ0n) is 17.3. The number of hydrogen-bond donors (Lipinski definition) is 1. The number of hydrogen-bond acceptors (Lipinski definition) is 4. The van der Waals surface area contributed by atoms with E-state index in [9.17, 15) is 26.7 Å². The van der Waals surface area contributed by atoms with Crippen molar-refractivity contribution >= 4 is 10.1 Å². The lowest BCUT2D eigenvalue weighted by molar-refractivity contribution is -0.0500. The van der Waals surface area contributed by atoms with Crippen molar-refractivity contribution in [2.24, 2.45) is 0 Å². The second-order valence-electron chi connectivity index (χ2n) is 7.34. The monoisotopic (exact) mass is 444 g/mol. The van der Waals surface area contributed by atoms with Crippen LogP contribution < -0.4 is 4.18 Å². The molecule has 166 valence electrons. The van der Waals surface area contributed by atoms with Gasteiger partial charge in [0.1, 0.15) is 11.5 Å². The van der Waals surface area contributed by atoms with Crippen molar-refractivity contribution < 1.29 is 30.9 Å².